The minimum absolute atomic E-state index is 0.0886. The molecule has 3 nitrogen and oxygen atoms in total. The largest absolute Gasteiger partial charge is 0.416 e. The molecule has 33 heavy (non-hydrogen) atoms. The summed E-state index contributed by atoms with van der Waals surface area (Å²) in [5.74, 6) is -3.05. The maximum atomic E-state index is 13.8. The predicted molar refractivity (Wildman–Crippen MR) is 120 cm³/mol. The molecular weight excluding hydrogens is 519 g/mol. The number of carbonyl (C=O) groups is 2. The average molecular weight is 533 g/mol. The van der Waals surface area contributed by atoms with Crippen molar-refractivity contribution in [3.05, 3.63) is 99.6 Å². The summed E-state index contributed by atoms with van der Waals surface area (Å²) >= 11 is 10.1. The van der Waals surface area contributed by atoms with Crippen LogP contribution in [0.25, 0.3) is 0 Å². The van der Waals surface area contributed by atoms with Crippen molar-refractivity contribution in [1.82, 2.24) is 0 Å². The number of hydrogen-bond donors (Lipinski definition) is 0. The van der Waals surface area contributed by atoms with E-state index in [1.165, 1.54) is 0 Å². The van der Waals surface area contributed by atoms with E-state index in [9.17, 15) is 22.8 Å². The van der Waals surface area contributed by atoms with Crippen molar-refractivity contribution in [2.45, 2.75) is 16.4 Å². The Bertz CT molecular complexity index is 1320. The fourth-order valence-corrected chi connectivity index (χ4v) is 7.18. The van der Waals surface area contributed by atoms with Crippen LogP contribution in [0, 0.1) is 11.8 Å². The Morgan fingerprint density at radius 1 is 0.879 bits per heavy atom. The molecule has 1 aliphatic heterocycles. The second-order valence-corrected chi connectivity index (χ2v) is 10.2. The van der Waals surface area contributed by atoms with Crippen LogP contribution in [0.2, 0.25) is 5.02 Å². The molecule has 166 valence electrons. The third kappa shape index (κ3) is 2.58. The lowest BCUT2D eigenvalue weighted by Gasteiger charge is -2.51. The Kier molecular flexibility index (Phi) is 4.25. The van der Waals surface area contributed by atoms with Crippen molar-refractivity contribution in [2.24, 2.45) is 11.8 Å². The molecular formula is C25H14BrClF3NO2. The Morgan fingerprint density at radius 3 is 2.03 bits per heavy atom. The summed E-state index contributed by atoms with van der Waals surface area (Å²) in [6, 6.07) is 18.0. The Hall–Kier alpha value is -2.64. The van der Waals surface area contributed by atoms with Gasteiger partial charge in [0.05, 0.1) is 32.4 Å². The first-order chi connectivity index (χ1) is 15.7. The van der Waals surface area contributed by atoms with Gasteiger partial charge in [-0.1, -0.05) is 76.1 Å². The smallest absolute Gasteiger partial charge is 0.274 e. The first-order valence-electron chi connectivity index (χ1n) is 10.3. The zero-order chi connectivity index (χ0) is 23.3. The van der Waals surface area contributed by atoms with Crippen molar-refractivity contribution in [3.8, 4) is 0 Å². The van der Waals surface area contributed by atoms with Crippen molar-refractivity contribution in [1.29, 1.82) is 0 Å². The molecule has 8 heteroatoms. The Balaban J connectivity index is 1.58. The van der Waals surface area contributed by atoms with E-state index in [2.05, 4.69) is 15.9 Å². The Labute approximate surface area is 200 Å². The molecule has 7 rings (SSSR count). The highest BCUT2D eigenvalue weighted by atomic mass is 79.9. The summed E-state index contributed by atoms with van der Waals surface area (Å²) in [6.45, 7) is 0. The molecule has 3 aliphatic carbocycles. The first-order valence-corrected chi connectivity index (χ1v) is 11.4. The fourth-order valence-electron chi connectivity index (χ4n) is 5.78. The van der Waals surface area contributed by atoms with Gasteiger partial charge in [-0.05, 0) is 40.5 Å². The van der Waals surface area contributed by atoms with Gasteiger partial charge in [0.15, 0.2) is 0 Å². The van der Waals surface area contributed by atoms with Gasteiger partial charge in [-0.15, -0.1) is 0 Å². The topological polar surface area (TPSA) is 37.4 Å². The molecule has 4 aliphatic rings. The molecule has 0 N–H and O–H groups in total. The van der Waals surface area contributed by atoms with Gasteiger partial charge in [-0.2, -0.15) is 13.2 Å². The summed E-state index contributed by atoms with van der Waals surface area (Å²) in [6.07, 6.45) is -4.64. The molecule has 3 aromatic carbocycles. The summed E-state index contributed by atoms with van der Waals surface area (Å²) in [5.41, 5.74) is 2.46. The highest BCUT2D eigenvalue weighted by Crippen LogP contribution is 2.66. The lowest BCUT2D eigenvalue weighted by molar-refractivity contribution is -0.137. The minimum atomic E-state index is -4.64. The monoisotopic (exact) mass is 531 g/mol. The maximum Gasteiger partial charge on any atom is 0.416 e. The lowest BCUT2D eigenvalue weighted by Crippen LogP contribution is -2.50. The van der Waals surface area contributed by atoms with Crippen LogP contribution in [-0.2, 0) is 20.1 Å². The van der Waals surface area contributed by atoms with Crippen LogP contribution in [0.4, 0.5) is 18.9 Å². The van der Waals surface area contributed by atoms with Crippen molar-refractivity contribution in [3.63, 3.8) is 0 Å². The van der Waals surface area contributed by atoms with Crippen molar-refractivity contribution in [2.75, 3.05) is 4.90 Å². The van der Waals surface area contributed by atoms with Gasteiger partial charge in [0, 0.05) is 5.92 Å². The van der Waals surface area contributed by atoms with Gasteiger partial charge < -0.3 is 0 Å². The molecule has 1 saturated heterocycles. The number of nitrogens with zero attached hydrogens (tertiary/aromatic N) is 1. The summed E-state index contributed by atoms with van der Waals surface area (Å²) in [4.78, 5) is 28.4. The van der Waals surface area contributed by atoms with Crippen molar-refractivity contribution < 1.29 is 22.8 Å². The molecule has 0 unspecified atom stereocenters. The van der Waals surface area contributed by atoms with Gasteiger partial charge in [-0.3, -0.25) is 9.59 Å². The zero-order valence-corrected chi connectivity index (χ0v) is 19.1. The van der Waals surface area contributed by atoms with E-state index < -0.39 is 39.7 Å². The summed E-state index contributed by atoms with van der Waals surface area (Å²) < 4.78 is 39.2. The Morgan fingerprint density at radius 2 is 1.45 bits per heavy atom. The van der Waals surface area contributed by atoms with E-state index in [0.29, 0.717) is 0 Å². The predicted octanol–water partition coefficient (Wildman–Crippen LogP) is 6.26. The number of imide groups is 1. The number of alkyl halides is 4. The number of rotatable bonds is 1. The van der Waals surface area contributed by atoms with E-state index in [1.807, 2.05) is 48.5 Å². The first kappa shape index (κ1) is 20.9. The molecule has 1 heterocycles. The molecule has 0 radical (unpaired) electrons. The van der Waals surface area contributed by atoms with Gasteiger partial charge in [0.25, 0.3) is 0 Å². The third-order valence-electron chi connectivity index (χ3n) is 7.03. The second-order valence-electron chi connectivity index (χ2n) is 8.54. The maximum absolute atomic E-state index is 13.8. The quantitative estimate of drug-likeness (QED) is 0.274. The van der Waals surface area contributed by atoms with Crippen LogP contribution < -0.4 is 4.90 Å². The molecule has 0 spiro atoms. The number of amides is 2. The molecule has 2 bridgehead atoms. The van der Waals surface area contributed by atoms with E-state index in [-0.39, 0.29) is 16.6 Å². The van der Waals surface area contributed by atoms with Crippen LogP contribution >= 0.6 is 27.5 Å². The molecule has 2 amide bonds. The van der Waals surface area contributed by atoms with Gasteiger partial charge in [0.2, 0.25) is 11.8 Å². The highest BCUT2D eigenvalue weighted by molar-refractivity contribution is 9.09. The molecule has 2 atom stereocenters. The van der Waals surface area contributed by atoms with Crippen LogP contribution in [0.3, 0.4) is 0 Å². The van der Waals surface area contributed by atoms with E-state index in [1.54, 1.807) is 0 Å². The average Bonchev–Trinajstić information content (AvgIpc) is 3.05. The van der Waals surface area contributed by atoms with Crippen LogP contribution in [0.1, 0.15) is 33.7 Å². The fraction of sp³-hybridized carbons (Fsp3) is 0.200. The normalized spacial score (nSPS) is 27.4. The number of hydrogen-bond acceptors (Lipinski definition) is 2. The third-order valence-corrected chi connectivity index (χ3v) is 8.70. The van der Waals surface area contributed by atoms with E-state index in [4.69, 9.17) is 11.6 Å². The van der Waals surface area contributed by atoms with E-state index >= 15 is 0 Å². The SMILES string of the molecule is O=C1[C@H]2C3c4ccccc4C(Br)(c4ccccc43)[C@H]2C(=O)N1c1cc(C(F)(F)F)ccc1Cl. The van der Waals surface area contributed by atoms with Gasteiger partial charge in [0.1, 0.15) is 0 Å². The van der Waals surface area contributed by atoms with Crippen LogP contribution in [-0.4, -0.2) is 11.8 Å². The number of benzene rings is 3. The summed E-state index contributed by atoms with van der Waals surface area (Å²) in [7, 11) is 0. The zero-order valence-electron chi connectivity index (χ0n) is 16.7. The van der Waals surface area contributed by atoms with E-state index in [0.717, 1.165) is 45.4 Å². The number of halogens is 5. The standard InChI is InChI=1S/C25H14BrClF3NO2/c26-24-15-7-3-1-5-13(15)19(14-6-2-4-8-16(14)24)20-21(24)23(33)31(22(20)32)18-11-12(25(28,29)30)9-10-17(18)27/h1-11,19-21H/t19?,20-,21+,24?/m0/s1. The van der Waals surface area contributed by atoms with Gasteiger partial charge in [-0.25, -0.2) is 4.90 Å². The minimum Gasteiger partial charge on any atom is -0.274 e. The van der Waals surface area contributed by atoms with Gasteiger partial charge >= 0.3 is 6.18 Å². The highest BCUT2D eigenvalue weighted by Gasteiger charge is 2.67. The molecule has 3 aromatic rings. The molecule has 0 aromatic heterocycles. The van der Waals surface area contributed by atoms with Crippen LogP contribution in [0.5, 0.6) is 0 Å². The summed E-state index contributed by atoms with van der Waals surface area (Å²) in [5, 5.41) is -0.0886. The lowest BCUT2D eigenvalue weighted by atomic mass is 9.55. The van der Waals surface area contributed by atoms with Crippen LogP contribution in [0.15, 0.2) is 66.7 Å². The molecule has 0 saturated carbocycles. The number of anilines is 1. The van der Waals surface area contributed by atoms with Crippen molar-refractivity contribution >= 4 is 45.0 Å². The molecule has 1 fully saturated rings. The number of carbonyl (C=O) groups excluding carboxylic acids is 2. The second kappa shape index (κ2) is 6.70.